The Hall–Kier alpha value is -1.06. The van der Waals surface area contributed by atoms with Crippen molar-refractivity contribution in [3.63, 3.8) is 0 Å². The van der Waals surface area contributed by atoms with Crippen molar-refractivity contribution in [1.29, 1.82) is 0 Å². The fourth-order valence-corrected chi connectivity index (χ4v) is 1.97. The van der Waals surface area contributed by atoms with Crippen molar-refractivity contribution in [1.82, 2.24) is 5.32 Å². The average molecular weight is 257 g/mol. The quantitative estimate of drug-likeness (QED) is 0.632. The SMILES string of the molecule is CCCCC(CC)C(=O)NCC(CC)CC(=O)O. The van der Waals surface area contributed by atoms with Gasteiger partial charge >= 0.3 is 5.97 Å². The van der Waals surface area contributed by atoms with Gasteiger partial charge in [-0.25, -0.2) is 0 Å². The lowest BCUT2D eigenvalue weighted by Crippen LogP contribution is -2.34. The summed E-state index contributed by atoms with van der Waals surface area (Å²) in [6, 6.07) is 0. The first-order valence-corrected chi connectivity index (χ1v) is 7.04. The summed E-state index contributed by atoms with van der Waals surface area (Å²) < 4.78 is 0. The maximum atomic E-state index is 11.9. The number of hydrogen-bond donors (Lipinski definition) is 2. The summed E-state index contributed by atoms with van der Waals surface area (Å²) in [7, 11) is 0. The van der Waals surface area contributed by atoms with Crippen LogP contribution in [0.3, 0.4) is 0 Å². The van der Waals surface area contributed by atoms with Gasteiger partial charge in [-0.05, 0) is 18.8 Å². The van der Waals surface area contributed by atoms with Crippen LogP contribution in [0.4, 0.5) is 0 Å². The Morgan fingerprint density at radius 2 is 1.83 bits per heavy atom. The van der Waals surface area contributed by atoms with Crippen LogP contribution in [0.2, 0.25) is 0 Å². The van der Waals surface area contributed by atoms with Crippen LogP contribution >= 0.6 is 0 Å². The summed E-state index contributed by atoms with van der Waals surface area (Å²) in [6.07, 6.45) is 4.84. The van der Waals surface area contributed by atoms with Crippen molar-refractivity contribution in [2.24, 2.45) is 11.8 Å². The number of carbonyl (C=O) groups excluding carboxylic acids is 1. The first-order valence-electron chi connectivity index (χ1n) is 7.04. The summed E-state index contributed by atoms with van der Waals surface area (Å²) in [6.45, 7) is 6.57. The molecule has 0 radical (unpaired) electrons. The summed E-state index contributed by atoms with van der Waals surface area (Å²) in [5.41, 5.74) is 0. The topological polar surface area (TPSA) is 66.4 Å². The van der Waals surface area contributed by atoms with Crippen molar-refractivity contribution in [2.45, 2.75) is 59.3 Å². The Morgan fingerprint density at radius 1 is 1.17 bits per heavy atom. The molecule has 0 saturated heterocycles. The summed E-state index contributed by atoms with van der Waals surface area (Å²) in [5, 5.41) is 11.6. The minimum absolute atomic E-state index is 0.0372. The summed E-state index contributed by atoms with van der Waals surface area (Å²) >= 11 is 0. The van der Waals surface area contributed by atoms with E-state index >= 15 is 0 Å². The maximum absolute atomic E-state index is 11.9. The number of hydrogen-bond acceptors (Lipinski definition) is 2. The highest BCUT2D eigenvalue weighted by molar-refractivity contribution is 5.78. The lowest BCUT2D eigenvalue weighted by Gasteiger charge is -2.18. The minimum Gasteiger partial charge on any atom is -0.481 e. The van der Waals surface area contributed by atoms with E-state index in [1.54, 1.807) is 0 Å². The third kappa shape index (κ3) is 7.30. The number of carboxylic acid groups (broad SMARTS) is 1. The predicted octanol–water partition coefficient (Wildman–Crippen LogP) is 2.82. The van der Waals surface area contributed by atoms with Crippen LogP contribution < -0.4 is 5.32 Å². The molecular formula is C14H27NO3. The maximum Gasteiger partial charge on any atom is 0.303 e. The molecule has 2 atom stereocenters. The largest absolute Gasteiger partial charge is 0.481 e. The van der Waals surface area contributed by atoms with Crippen LogP contribution in [0, 0.1) is 11.8 Å². The monoisotopic (exact) mass is 257 g/mol. The molecule has 0 spiro atoms. The van der Waals surface area contributed by atoms with E-state index in [0.717, 1.165) is 32.1 Å². The van der Waals surface area contributed by atoms with Crippen molar-refractivity contribution >= 4 is 11.9 Å². The molecule has 0 rings (SSSR count). The molecule has 0 heterocycles. The zero-order chi connectivity index (χ0) is 14.0. The first kappa shape index (κ1) is 16.9. The Labute approximate surface area is 110 Å². The van der Waals surface area contributed by atoms with Gasteiger partial charge in [0.05, 0.1) is 0 Å². The number of unbranched alkanes of at least 4 members (excludes halogenated alkanes) is 1. The van der Waals surface area contributed by atoms with Gasteiger partial charge in [0.15, 0.2) is 0 Å². The Bertz CT molecular complexity index is 253. The van der Waals surface area contributed by atoms with E-state index in [-0.39, 0.29) is 24.2 Å². The number of amides is 1. The molecule has 0 bridgehead atoms. The molecule has 0 aliphatic carbocycles. The average Bonchev–Trinajstić information content (AvgIpc) is 2.34. The number of aliphatic carboxylic acids is 1. The van der Waals surface area contributed by atoms with Crippen LogP contribution in [-0.4, -0.2) is 23.5 Å². The Morgan fingerprint density at radius 3 is 2.28 bits per heavy atom. The second-order valence-electron chi connectivity index (χ2n) is 4.86. The first-order chi connectivity index (χ1) is 8.54. The van der Waals surface area contributed by atoms with Gasteiger partial charge in [0, 0.05) is 18.9 Å². The molecule has 0 aliphatic rings. The van der Waals surface area contributed by atoms with E-state index in [1.807, 2.05) is 13.8 Å². The second-order valence-corrected chi connectivity index (χ2v) is 4.86. The number of nitrogens with one attached hydrogen (secondary N) is 1. The predicted molar refractivity (Wildman–Crippen MR) is 72.3 cm³/mol. The van der Waals surface area contributed by atoms with E-state index in [2.05, 4.69) is 12.2 Å². The van der Waals surface area contributed by atoms with Crippen LogP contribution in [0.25, 0.3) is 0 Å². The molecule has 0 aromatic heterocycles. The number of carboxylic acids is 1. The van der Waals surface area contributed by atoms with E-state index in [9.17, 15) is 9.59 Å². The van der Waals surface area contributed by atoms with Crippen molar-refractivity contribution < 1.29 is 14.7 Å². The molecule has 4 heteroatoms. The van der Waals surface area contributed by atoms with Gasteiger partial charge in [0.2, 0.25) is 5.91 Å². The van der Waals surface area contributed by atoms with Crippen molar-refractivity contribution in [3.05, 3.63) is 0 Å². The van der Waals surface area contributed by atoms with E-state index in [0.29, 0.717) is 6.54 Å². The highest BCUT2D eigenvalue weighted by atomic mass is 16.4. The molecule has 2 N–H and O–H groups in total. The number of carbonyl (C=O) groups is 2. The lowest BCUT2D eigenvalue weighted by atomic mass is 9.97. The van der Waals surface area contributed by atoms with Gasteiger partial charge in [0.1, 0.15) is 0 Å². The minimum atomic E-state index is -0.797. The van der Waals surface area contributed by atoms with Gasteiger partial charge in [-0.15, -0.1) is 0 Å². The molecule has 2 unspecified atom stereocenters. The fraction of sp³-hybridized carbons (Fsp3) is 0.857. The van der Waals surface area contributed by atoms with Gasteiger partial charge in [-0.1, -0.05) is 40.0 Å². The molecule has 1 amide bonds. The summed E-state index contributed by atoms with van der Waals surface area (Å²) in [5.74, 6) is -0.605. The molecule has 18 heavy (non-hydrogen) atoms. The van der Waals surface area contributed by atoms with E-state index in [1.165, 1.54) is 0 Å². The zero-order valence-corrected chi connectivity index (χ0v) is 11.9. The van der Waals surface area contributed by atoms with Crippen LogP contribution in [0.5, 0.6) is 0 Å². The zero-order valence-electron chi connectivity index (χ0n) is 11.9. The smallest absolute Gasteiger partial charge is 0.303 e. The molecule has 0 aromatic carbocycles. The molecule has 106 valence electrons. The van der Waals surface area contributed by atoms with Crippen molar-refractivity contribution in [2.75, 3.05) is 6.54 Å². The highest BCUT2D eigenvalue weighted by Gasteiger charge is 2.17. The number of rotatable bonds is 10. The summed E-state index contributed by atoms with van der Waals surface area (Å²) in [4.78, 5) is 22.6. The standard InChI is InChI=1S/C14H27NO3/c1-4-7-8-12(6-3)14(18)15-10-11(5-2)9-13(16)17/h11-12H,4-10H2,1-3H3,(H,15,18)(H,16,17). The van der Waals surface area contributed by atoms with Gasteiger partial charge < -0.3 is 10.4 Å². The fourth-order valence-electron chi connectivity index (χ4n) is 1.97. The van der Waals surface area contributed by atoms with Crippen LogP contribution in [0.1, 0.15) is 59.3 Å². The third-order valence-corrected chi connectivity index (χ3v) is 3.38. The lowest BCUT2D eigenvalue weighted by molar-refractivity contribution is -0.138. The van der Waals surface area contributed by atoms with E-state index < -0.39 is 5.97 Å². The molecule has 0 aliphatic heterocycles. The van der Waals surface area contributed by atoms with Crippen molar-refractivity contribution in [3.8, 4) is 0 Å². The molecule has 0 saturated carbocycles. The Balaban J connectivity index is 4.07. The van der Waals surface area contributed by atoms with Gasteiger partial charge in [-0.3, -0.25) is 9.59 Å². The third-order valence-electron chi connectivity index (χ3n) is 3.38. The molecule has 0 fully saturated rings. The molecule has 4 nitrogen and oxygen atoms in total. The Kier molecular flexibility index (Phi) is 9.33. The van der Waals surface area contributed by atoms with Crippen LogP contribution in [0.15, 0.2) is 0 Å². The van der Waals surface area contributed by atoms with Gasteiger partial charge in [-0.2, -0.15) is 0 Å². The second kappa shape index (κ2) is 9.92. The molecule has 0 aromatic rings. The highest BCUT2D eigenvalue weighted by Crippen LogP contribution is 2.13. The van der Waals surface area contributed by atoms with Crippen LogP contribution in [-0.2, 0) is 9.59 Å². The molecular weight excluding hydrogens is 230 g/mol. The normalized spacial score (nSPS) is 13.9. The van der Waals surface area contributed by atoms with Gasteiger partial charge in [0.25, 0.3) is 0 Å². The van der Waals surface area contributed by atoms with E-state index in [4.69, 9.17) is 5.11 Å².